The van der Waals surface area contributed by atoms with Crippen molar-refractivity contribution >= 4 is 28.8 Å². The molecule has 0 radical (unpaired) electrons. The van der Waals surface area contributed by atoms with Crippen LogP contribution in [0.3, 0.4) is 0 Å². The predicted molar refractivity (Wildman–Crippen MR) is 104 cm³/mol. The van der Waals surface area contributed by atoms with Gasteiger partial charge in [-0.25, -0.2) is 4.79 Å². The molecule has 0 N–H and O–H groups in total. The van der Waals surface area contributed by atoms with Crippen LogP contribution in [0.4, 0.5) is 4.79 Å². The van der Waals surface area contributed by atoms with Crippen LogP contribution in [0.5, 0.6) is 5.75 Å². The normalized spacial score (nSPS) is 13.4. The molecule has 0 fully saturated rings. The zero-order valence-corrected chi connectivity index (χ0v) is 15.1. The fraction of sp³-hybridized carbons (Fsp3) is 0.200. The van der Waals surface area contributed by atoms with E-state index in [9.17, 15) is 4.79 Å². The first-order chi connectivity index (χ1) is 12.1. The van der Waals surface area contributed by atoms with Crippen LogP contribution in [-0.4, -0.2) is 30.1 Å². The zero-order chi connectivity index (χ0) is 17.6. The number of rotatable bonds is 4. The van der Waals surface area contributed by atoms with Crippen molar-refractivity contribution in [3.05, 3.63) is 71.3 Å². The van der Waals surface area contributed by atoms with E-state index in [1.54, 1.807) is 32.1 Å². The first-order valence-corrected chi connectivity index (χ1v) is 9.05. The van der Waals surface area contributed by atoms with Crippen LogP contribution in [0.2, 0.25) is 0 Å². The van der Waals surface area contributed by atoms with Crippen LogP contribution >= 0.6 is 11.8 Å². The first-order valence-electron chi connectivity index (χ1n) is 8.07. The van der Waals surface area contributed by atoms with Crippen molar-refractivity contribution in [2.24, 2.45) is 0 Å². The second kappa shape index (κ2) is 8.03. The summed E-state index contributed by atoms with van der Waals surface area (Å²) in [5, 5.41) is 1.01. The number of nitrogens with zero attached hydrogens (tertiary/aromatic N) is 2. The van der Waals surface area contributed by atoms with Crippen molar-refractivity contribution in [1.82, 2.24) is 9.88 Å². The van der Waals surface area contributed by atoms with Crippen LogP contribution in [0.15, 0.2) is 65.7 Å². The Hall–Kier alpha value is -2.53. The van der Waals surface area contributed by atoms with Crippen molar-refractivity contribution in [2.75, 3.05) is 14.1 Å². The number of benzene rings is 1. The molecular weight excluding hydrogens is 332 g/mol. The highest BCUT2D eigenvalue weighted by molar-refractivity contribution is 8.02. The molecule has 0 aliphatic heterocycles. The maximum atomic E-state index is 11.9. The largest absolute Gasteiger partial charge is 0.414 e. The molecule has 3 rings (SSSR count). The molecule has 128 valence electrons. The molecule has 0 atom stereocenters. The molecule has 1 aromatic heterocycles. The summed E-state index contributed by atoms with van der Waals surface area (Å²) in [6.45, 7) is 0. The minimum absolute atomic E-state index is 0.408. The van der Waals surface area contributed by atoms with Crippen LogP contribution in [0.25, 0.3) is 10.9 Å². The Labute approximate surface area is 151 Å². The number of ether oxygens (including phenoxy) is 1. The molecule has 1 aliphatic rings. The minimum atomic E-state index is -0.408. The van der Waals surface area contributed by atoms with Crippen molar-refractivity contribution in [2.45, 2.75) is 12.2 Å². The lowest BCUT2D eigenvalue weighted by Crippen LogP contribution is -2.25. The third kappa shape index (κ3) is 4.31. The quantitative estimate of drug-likeness (QED) is 0.782. The minimum Gasteiger partial charge on any atom is -0.408 e. The summed E-state index contributed by atoms with van der Waals surface area (Å²) in [7, 11) is 3.32. The lowest BCUT2D eigenvalue weighted by molar-refractivity contribution is 0.172. The summed E-state index contributed by atoms with van der Waals surface area (Å²) in [6, 6.07) is 7.75. The van der Waals surface area contributed by atoms with Crippen molar-refractivity contribution < 1.29 is 9.53 Å². The monoisotopic (exact) mass is 352 g/mol. The van der Waals surface area contributed by atoms with Gasteiger partial charge in [-0.1, -0.05) is 36.4 Å². The fourth-order valence-corrected chi connectivity index (χ4v) is 3.36. The van der Waals surface area contributed by atoms with E-state index < -0.39 is 6.09 Å². The smallest absolute Gasteiger partial charge is 0.408 e. The van der Waals surface area contributed by atoms with E-state index in [0.717, 1.165) is 17.6 Å². The molecule has 0 unspecified atom stereocenters. The van der Waals surface area contributed by atoms with Gasteiger partial charge in [0.1, 0.15) is 5.52 Å². The Bertz CT molecular complexity index is 869. The summed E-state index contributed by atoms with van der Waals surface area (Å²) < 4.78 is 5.44. The summed E-state index contributed by atoms with van der Waals surface area (Å²) in [6.07, 6.45) is 12.9. The lowest BCUT2D eigenvalue weighted by atomic mass is 10.1. The number of carbonyl (C=O) groups is 1. The van der Waals surface area contributed by atoms with Crippen molar-refractivity contribution in [3.8, 4) is 5.75 Å². The van der Waals surface area contributed by atoms with Gasteiger partial charge in [0, 0.05) is 36.3 Å². The molecule has 5 heteroatoms. The van der Waals surface area contributed by atoms with Gasteiger partial charge in [0.25, 0.3) is 0 Å². The Balaban J connectivity index is 1.86. The van der Waals surface area contributed by atoms with Crippen molar-refractivity contribution in [3.63, 3.8) is 0 Å². The fourth-order valence-electron chi connectivity index (χ4n) is 2.42. The van der Waals surface area contributed by atoms with Gasteiger partial charge in [0.05, 0.1) is 0 Å². The predicted octanol–water partition coefficient (Wildman–Crippen LogP) is 4.93. The highest BCUT2D eigenvalue weighted by atomic mass is 32.2. The van der Waals surface area contributed by atoms with Gasteiger partial charge in [-0.2, -0.15) is 0 Å². The van der Waals surface area contributed by atoms with Crippen molar-refractivity contribution in [1.29, 1.82) is 0 Å². The highest BCUT2D eigenvalue weighted by Gasteiger charge is 2.13. The molecule has 0 saturated carbocycles. The van der Waals surface area contributed by atoms with E-state index in [2.05, 4.69) is 35.4 Å². The third-order valence-corrected chi connectivity index (χ3v) is 4.79. The van der Waals surface area contributed by atoms with Gasteiger partial charge in [0.2, 0.25) is 0 Å². The van der Waals surface area contributed by atoms with E-state index in [-0.39, 0.29) is 0 Å². The summed E-state index contributed by atoms with van der Waals surface area (Å²) in [4.78, 5) is 18.9. The molecule has 1 aliphatic carbocycles. The zero-order valence-electron chi connectivity index (χ0n) is 14.3. The maximum absolute atomic E-state index is 11.9. The number of hydrogen-bond donors (Lipinski definition) is 0. The maximum Gasteiger partial charge on any atom is 0.414 e. The molecule has 4 nitrogen and oxygen atoms in total. The van der Waals surface area contributed by atoms with E-state index in [4.69, 9.17) is 4.74 Å². The number of amides is 1. The van der Waals surface area contributed by atoms with Gasteiger partial charge < -0.3 is 9.64 Å². The second-order valence-corrected chi connectivity index (χ2v) is 6.86. The standard InChI is InChI=1S/C20H20N2O2S/c1-22(2)20(23)24-18-12-11-15(17-10-7-13-21-19(17)18)14-25-16-8-5-3-4-6-9-16/h3,5-13H,4,14H2,1-2H3. The molecule has 25 heavy (non-hydrogen) atoms. The topological polar surface area (TPSA) is 42.4 Å². The number of carbonyl (C=O) groups excluding carboxylic acids is 1. The van der Waals surface area contributed by atoms with Crippen LogP contribution in [0, 0.1) is 0 Å². The van der Waals surface area contributed by atoms with E-state index in [0.29, 0.717) is 11.3 Å². The number of hydrogen-bond acceptors (Lipinski definition) is 4. The molecule has 1 heterocycles. The number of fused-ring (bicyclic) bond motifs is 1. The number of allylic oxidation sites excluding steroid dienone is 5. The van der Waals surface area contributed by atoms with Crippen LogP contribution in [0.1, 0.15) is 12.0 Å². The van der Waals surface area contributed by atoms with Gasteiger partial charge in [-0.05, 0) is 30.2 Å². The Kier molecular flexibility index (Phi) is 5.56. The van der Waals surface area contributed by atoms with Crippen LogP contribution < -0.4 is 4.74 Å². The van der Waals surface area contributed by atoms with Gasteiger partial charge in [-0.3, -0.25) is 4.98 Å². The van der Waals surface area contributed by atoms with Crippen LogP contribution in [-0.2, 0) is 5.75 Å². The van der Waals surface area contributed by atoms with E-state index in [1.807, 2.05) is 24.3 Å². The second-order valence-electron chi connectivity index (χ2n) is 5.81. The van der Waals surface area contributed by atoms with E-state index >= 15 is 0 Å². The molecule has 1 amide bonds. The highest BCUT2D eigenvalue weighted by Crippen LogP contribution is 2.31. The van der Waals surface area contributed by atoms with Gasteiger partial charge >= 0.3 is 6.09 Å². The lowest BCUT2D eigenvalue weighted by Gasteiger charge is -2.13. The van der Waals surface area contributed by atoms with Gasteiger partial charge in [-0.15, -0.1) is 11.8 Å². The Morgan fingerprint density at radius 2 is 2.16 bits per heavy atom. The SMILES string of the molecule is CN(C)C(=O)Oc1ccc(CSC2=CC=CCC=C2)c2cccnc12. The number of aromatic nitrogens is 1. The summed E-state index contributed by atoms with van der Waals surface area (Å²) in [5.74, 6) is 1.31. The number of pyridine rings is 1. The molecule has 0 bridgehead atoms. The first kappa shape index (κ1) is 17.3. The Morgan fingerprint density at radius 3 is 3.00 bits per heavy atom. The molecule has 2 aromatic rings. The molecule has 1 aromatic carbocycles. The molecule has 0 spiro atoms. The average Bonchev–Trinajstić information content (AvgIpc) is 2.89. The number of thioether (sulfide) groups is 1. The summed E-state index contributed by atoms with van der Waals surface area (Å²) in [5.41, 5.74) is 1.88. The molecular formula is C20H20N2O2S. The summed E-state index contributed by atoms with van der Waals surface area (Å²) >= 11 is 1.78. The molecule has 0 saturated heterocycles. The van der Waals surface area contributed by atoms with Gasteiger partial charge in [0.15, 0.2) is 5.75 Å². The Morgan fingerprint density at radius 1 is 1.28 bits per heavy atom. The van der Waals surface area contributed by atoms with E-state index in [1.165, 1.54) is 15.4 Å². The average molecular weight is 352 g/mol. The third-order valence-electron chi connectivity index (χ3n) is 3.73.